The maximum absolute atomic E-state index is 12.0. The van der Waals surface area contributed by atoms with E-state index in [9.17, 15) is 4.79 Å². The molecular formula is C21H26ClIN4O2. The average molecular weight is 529 g/mol. The fourth-order valence-electron chi connectivity index (χ4n) is 2.92. The first-order chi connectivity index (χ1) is 13.5. The molecule has 0 saturated heterocycles. The summed E-state index contributed by atoms with van der Waals surface area (Å²) in [5.41, 5.74) is 2.01. The van der Waals surface area contributed by atoms with Gasteiger partial charge < -0.3 is 20.3 Å². The molecule has 2 aromatic rings. The Morgan fingerprint density at radius 1 is 1.21 bits per heavy atom. The van der Waals surface area contributed by atoms with Crippen molar-refractivity contribution in [3.05, 3.63) is 64.7 Å². The lowest BCUT2D eigenvalue weighted by Crippen LogP contribution is -2.45. The van der Waals surface area contributed by atoms with Crippen molar-refractivity contribution in [3.8, 4) is 5.75 Å². The van der Waals surface area contributed by atoms with E-state index in [1.165, 1.54) is 0 Å². The predicted octanol–water partition coefficient (Wildman–Crippen LogP) is 3.61. The summed E-state index contributed by atoms with van der Waals surface area (Å²) in [6, 6.07) is 15.6. The highest BCUT2D eigenvalue weighted by Gasteiger charge is 2.22. The van der Waals surface area contributed by atoms with Crippen molar-refractivity contribution >= 4 is 47.4 Å². The zero-order valence-electron chi connectivity index (χ0n) is 16.5. The number of guanidine groups is 1. The van der Waals surface area contributed by atoms with Crippen LogP contribution in [-0.4, -0.2) is 44.0 Å². The van der Waals surface area contributed by atoms with Crippen molar-refractivity contribution in [2.45, 2.75) is 19.0 Å². The maximum atomic E-state index is 12.0. The third-order valence-electron chi connectivity index (χ3n) is 4.54. The van der Waals surface area contributed by atoms with Gasteiger partial charge in [0, 0.05) is 31.1 Å². The number of fused-ring (bicyclic) bond motifs is 1. The second kappa shape index (κ2) is 11.3. The van der Waals surface area contributed by atoms with Crippen molar-refractivity contribution in [3.63, 3.8) is 0 Å². The summed E-state index contributed by atoms with van der Waals surface area (Å²) in [6.07, 6.45) is 0.811. The average Bonchev–Trinajstić information content (AvgIpc) is 2.71. The summed E-state index contributed by atoms with van der Waals surface area (Å²) in [5.74, 6) is 1.41. The van der Waals surface area contributed by atoms with Gasteiger partial charge in [-0.1, -0.05) is 48.0 Å². The number of aliphatic imine (C=N–C) groups is 1. The predicted molar refractivity (Wildman–Crippen MR) is 127 cm³/mol. The minimum Gasteiger partial charge on any atom is -0.493 e. The van der Waals surface area contributed by atoms with E-state index in [-0.39, 0.29) is 42.5 Å². The van der Waals surface area contributed by atoms with Crippen molar-refractivity contribution in [1.82, 2.24) is 15.5 Å². The van der Waals surface area contributed by atoms with Crippen LogP contribution < -0.4 is 15.4 Å². The van der Waals surface area contributed by atoms with Crippen molar-refractivity contribution in [1.29, 1.82) is 0 Å². The summed E-state index contributed by atoms with van der Waals surface area (Å²) in [5, 5.41) is 7.25. The van der Waals surface area contributed by atoms with E-state index in [4.69, 9.17) is 16.3 Å². The van der Waals surface area contributed by atoms with Crippen molar-refractivity contribution in [2.75, 3.05) is 27.2 Å². The zero-order chi connectivity index (χ0) is 19.9. The number of para-hydroxylation sites is 1. The third-order valence-corrected chi connectivity index (χ3v) is 4.91. The number of halogens is 2. The summed E-state index contributed by atoms with van der Waals surface area (Å²) in [6.45, 7) is 1.20. The minimum atomic E-state index is -0.0281. The fourth-order valence-corrected chi connectivity index (χ4v) is 3.11. The Hall–Kier alpha value is -2.00. The molecule has 0 bridgehead atoms. The van der Waals surface area contributed by atoms with Crippen LogP contribution in [0.4, 0.5) is 0 Å². The van der Waals surface area contributed by atoms with Gasteiger partial charge >= 0.3 is 0 Å². The highest BCUT2D eigenvalue weighted by Crippen LogP contribution is 2.31. The van der Waals surface area contributed by atoms with Crippen molar-refractivity contribution < 1.29 is 9.53 Å². The van der Waals surface area contributed by atoms with Gasteiger partial charge in [-0.15, -0.1) is 24.0 Å². The molecule has 156 valence electrons. The highest BCUT2D eigenvalue weighted by atomic mass is 127. The molecule has 1 amide bonds. The molecular weight excluding hydrogens is 503 g/mol. The molecule has 29 heavy (non-hydrogen) atoms. The number of carbonyl (C=O) groups excluding carboxylic acids is 1. The molecule has 8 heteroatoms. The van der Waals surface area contributed by atoms with Crippen LogP contribution in [0.25, 0.3) is 0 Å². The molecule has 0 spiro atoms. The Morgan fingerprint density at radius 3 is 2.69 bits per heavy atom. The van der Waals surface area contributed by atoms with Gasteiger partial charge in [0.25, 0.3) is 0 Å². The first-order valence-electron chi connectivity index (χ1n) is 9.24. The van der Waals surface area contributed by atoms with Gasteiger partial charge in [-0.3, -0.25) is 4.79 Å². The summed E-state index contributed by atoms with van der Waals surface area (Å²) in [7, 11) is 3.46. The molecule has 1 atom stereocenters. The van der Waals surface area contributed by atoms with Gasteiger partial charge in [0.1, 0.15) is 5.75 Å². The Bertz CT molecular complexity index is 860. The number of nitrogens with one attached hydrogen (secondary N) is 2. The second-order valence-electron chi connectivity index (χ2n) is 6.77. The molecule has 1 aliphatic heterocycles. The Balaban J connectivity index is 0.00000300. The molecule has 0 aromatic heterocycles. The molecule has 0 radical (unpaired) electrons. The molecule has 3 rings (SSSR count). The lowest BCUT2D eigenvalue weighted by atomic mass is 10.0. The Kier molecular flexibility index (Phi) is 9.03. The van der Waals surface area contributed by atoms with E-state index in [2.05, 4.69) is 15.6 Å². The molecule has 1 unspecified atom stereocenters. The van der Waals surface area contributed by atoms with Crippen LogP contribution in [0.15, 0.2) is 53.5 Å². The SMILES string of the molecule is CN(C)C(=O)CNC(=NCc1ccccc1Cl)NC1CCOc2ccccc21.I. The number of benzene rings is 2. The Labute approximate surface area is 193 Å². The van der Waals surface area contributed by atoms with Crippen LogP contribution in [0, 0.1) is 0 Å². The van der Waals surface area contributed by atoms with E-state index in [0.717, 1.165) is 23.3 Å². The Morgan fingerprint density at radius 2 is 1.93 bits per heavy atom. The number of carbonyl (C=O) groups is 1. The van der Waals surface area contributed by atoms with E-state index in [1.54, 1.807) is 19.0 Å². The minimum absolute atomic E-state index is 0. The number of hydrogen-bond donors (Lipinski definition) is 2. The molecule has 2 aromatic carbocycles. The summed E-state index contributed by atoms with van der Waals surface area (Å²) >= 11 is 6.25. The molecule has 1 aliphatic rings. The standard InChI is InChI=1S/C21H25ClN4O2.HI/c1-26(2)20(27)14-24-21(23-13-15-7-3-5-9-17(15)22)25-18-11-12-28-19-10-6-4-8-16(18)19;/h3-10,18H,11-14H2,1-2H3,(H2,23,24,25);1H. The van der Waals surface area contributed by atoms with Crippen LogP contribution in [0.2, 0.25) is 5.02 Å². The van der Waals surface area contributed by atoms with Gasteiger partial charge in [0.05, 0.1) is 25.7 Å². The van der Waals surface area contributed by atoms with Crippen LogP contribution in [-0.2, 0) is 11.3 Å². The quantitative estimate of drug-likeness (QED) is 0.354. The largest absolute Gasteiger partial charge is 0.493 e. The van der Waals surface area contributed by atoms with E-state index < -0.39 is 0 Å². The molecule has 2 N–H and O–H groups in total. The van der Waals surface area contributed by atoms with Crippen LogP contribution in [0.5, 0.6) is 5.75 Å². The number of hydrogen-bond acceptors (Lipinski definition) is 3. The first kappa shape index (κ1) is 23.3. The molecule has 0 fully saturated rings. The highest BCUT2D eigenvalue weighted by molar-refractivity contribution is 14.0. The topological polar surface area (TPSA) is 66.0 Å². The van der Waals surface area contributed by atoms with E-state index in [0.29, 0.717) is 24.1 Å². The normalized spacial score (nSPS) is 15.4. The zero-order valence-corrected chi connectivity index (χ0v) is 19.6. The lowest BCUT2D eigenvalue weighted by molar-refractivity contribution is -0.127. The fraction of sp³-hybridized carbons (Fsp3) is 0.333. The number of ether oxygens (including phenoxy) is 1. The maximum Gasteiger partial charge on any atom is 0.241 e. The van der Waals surface area contributed by atoms with Crippen molar-refractivity contribution in [2.24, 2.45) is 4.99 Å². The smallest absolute Gasteiger partial charge is 0.241 e. The van der Waals surface area contributed by atoms with Gasteiger partial charge in [0.2, 0.25) is 5.91 Å². The first-order valence-corrected chi connectivity index (χ1v) is 9.62. The number of likely N-dealkylation sites (N-methyl/N-ethyl adjacent to an activating group) is 1. The van der Waals surface area contributed by atoms with Gasteiger partial charge in [-0.2, -0.15) is 0 Å². The third kappa shape index (κ3) is 6.50. The molecule has 0 aliphatic carbocycles. The monoisotopic (exact) mass is 528 g/mol. The van der Waals surface area contributed by atoms with E-state index in [1.807, 2.05) is 48.5 Å². The van der Waals surface area contributed by atoms with Crippen LogP contribution in [0.1, 0.15) is 23.6 Å². The molecule has 6 nitrogen and oxygen atoms in total. The van der Waals surface area contributed by atoms with Crippen LogP contribution in [0.3, 0.4) is 0 Å². The summed E-state index contributed by atoms with van der Waals surface area (Å²) < 4.78 is 5.73. The number of amides is 1. The second-order valence-corrected chi connectivity index (χ2v) is 7.18. The van der Waals surface area contributed by atoms with Gasteiger partial charge in [-0.05, 0) is 17.7 Å². The van der Waals surface area contributed by atoms with Crippen LogP contribution >= 0.6 is 35.6 Å². The van der Waals surface area contributed by atoms with E-state index >= 15 is 0 Å². The number of rotatable bonds is 5. The molecule has 1 heterocycles. The van der Waals surface area contributed by atoms with Gasteiger partial charge in [0.15, 0.2) is 5.96 Å². The van der Waals surface area contributed by atoms with Gasteiger partial charge in [-0.25, -0.2) is 4.99 Å². The molecule has 0 saturated carbocycles. The number of nitrogens with zero attached hydrogens (tertiary/aromatic N) is 2. The summed E-state index contributed by atoms with van der Waals surface area (Å²) in [4.78, 5) is 18.2. The lowest BCUT2D eigenvalue weighted by Gasteiger charge is -2.28.